The van der Waals surface area contributed by atoms with E-state index < -0.39 is 0 Å². The zero-order valence-electron chi connectivity index (χ0n) is 12.0. The van der Waals surface area contributed by atoms with Gasteiger partial charge in [-0.05, 0) is 45.7 Å². The van der Waals surface area contributed by atoms with Crippen LogP contribution in [0.25, 0.3) is 0 Å². The fourth-order valence-corrected chi connectivity index (χ4v) is 2.88. The summed E-state index contributed by atoms with van der Waals surface area (Å²) in [5, 5.41) is 0. The van der Waals surface area contributed by atoms with Crippen molar-refractivity contribution in [3.05, 3.63) is 23.0 Å². The van der Waals surface area contributed by atoms with Gasteiger partial charge in [0.1, 0.15) is 0 Å². The van der Waals surface area contributed by atoms with Gasteiger partial charge >= 0.3 is 0 Å². The van der Waals surface area contributed by atoms with Crippen molar-refractivity contribution in [1.29, 1.82) is 0 Å². The van der Waals surface area contributed by atoms with E-state index in [1.54, 1.807) is 0 Å². The molecule has 19 heavy (non-hydrogen) atoms. The van der Waals surface area contributed by atoms with E-state index >= 15 is 0 Å². The molecule has 0 radical (unpaired) electrons. The van der Waals surface area contributed by atoms with Gasteiger partial charge in [-0.3, -0.25) is 4.79 Å². The molecule has 0 saturated carbocycles. The highest BCUT2D eigenvalue weighted by Crippen LogP contribution is 2.21. The number of carbonyl (C=O) groups excluding carboxylic acids is 1. The van der Waals surface area contributed by atoms with Crippen LogP contribution < -0.4 is 5.73 Å². The molecule has 0 aliphatic carbocycles. The molecule has 2 heterocycles. The Balaban J connectivity index is 0.00000180. The average molecular weight is 286 g/mol. The minimum Gasteiger partial charge on any atom is -0.349 e. The number of aromatic nitrogens is 1. The largest absolute Gasteiger partial charge is 0.349 e. The molecule has 1 unspecified atom stereocenters. The number of nitrogens with two attached hydrogens (primary N) is 1. The van der Waals surface area contributed by atoms with E-state index in [2.05, 4.69) is 18.4 Å². The number of hydrogen-bond donors (Lipinski definition) is 1. The van der Waals surface area contributed by atoms with Gasteiger partial charge < -0.3 is 15.2 Å². The molecular weight excluding hydrogens is 262 g/mol. The first-order valence-corrected chi connectivity index (χ1v) is 6.74. The molecular formula is C14H24ClN3O. The van der Waals surface area contributed by atoms with Crippen LogP contribution in [0.4, 0.5) is 0 Å². The van der Waals surface area contributed by atoms with E-state index in [0.29, 0.717) is 12.5 Å². The Hall–Kier alpha value is -1.00. The molecule has 1 amide bonds. The summed E-state index contributed by atoms with van der Waals surface area (Å²) in [7, 11) is 0. The number of nitrogens with zero attached hydrogens (tertiary/aromatic N) is 2. The number of likely N-dealkylation sites (tertiary alicyclic amines) is 1. The van der Waals surface area contributed by atoms with Crippen LogP contribution in [0.3, 0.4) is 0 Å². The van der Waals surface area contributed by atoms with Crippen LogP contribution in [0.2, 0.25) is 0 Å². The van der Waals surface area contributed by atoms with Crippen molar-refractivity contribution in [1.82, 2.24) is 9.47 Å². The molecule has 108 valence electrons. The third-order valence-corrected chi connectivity index (χ3v) is 4.03. The monoisotopic (exact) mass is 285 g/mol. The Morgan fingerprint density at radius 2 is 2.16 bits per heavy atom. The maximum Gasteiger partial charge on any atom is 0.255 e. The zero-order chi connectivity index (χ0) is 13.3. The molecule has 1 saturated heterocycles. The van der Waals surface area contributed by atoms with E-state index in [4.69, 9.17) is 5.73 Å². The standard InChI is InChI=1S/C14H23N3O.ClH/c1-4-17-10(2)7-13(11(17)3)14(18)16-6-5-12(8-15)9-16;/h7,12H,4-6,8-9,15H2,1-3H3;1H. The fourth-order valence-electron chi connectivity index (χ4n) is 2.88. The smallest absolute Gasteiger partial charge is 0.255 e. The third-order valence-electron chi connectivity index (χ3n) is 4.03. The predicted octanol–water partition coefficient (Wildman–Crippen LogP) is 1.97. The molecule has 1 fully saturated rings. The summed E-state index contributed by atoms with van der Waals surface area (Å²) in [6, 6.07) is 2.01. The molecule has 2 N–H and O–H groups in total. The second-order valence-corrected chi connectivity index (χ2v) is 5.17. The molecule has 1 aromatic heterocycles. The van der Waals surface area contributed by atoms with Crippen LogP contribution in [0.1, 0.15) is 35.1 Å². The summed E-state index contributed by atoms with van der Waals surface area (Å²) in [5.74, 6) is 0.641. The quantitative estimate of drug-likeness (QED) is 0.923. The van der Waals surface area contributed by atoms with Gasteiger partial charge in [0.2, 0.25) is 0 Å². The molecule has 1 atom stereocenters. The van der Waals surface area contributed by atoms with Crippen molar-refractivity contribution in [3.63, 3.8) is 0 Å². The van der Waals surface area contributed by atoms with Gasteiger partial charge in [-0.2, -0.15) is 0 Å². The Labute approximate surface area is 121 Å². The predicted molar refractivity (Wildman–Crippen MR) is 79.9 cm³/mol. The molecule has 4 nitrogen and oxygen atoms in total. The zero-order valence-corrected chi connectivity index (χ0v) is 12.8. The Morgan fingerprint density at radius 1 is 1.47 bits per heavy atom. The van der Waals surface area contributed by atoms with Crippen molar-refractivity contribution in [2.75, 3.05) is 19.6 Å². The summed E-state index contributed by atoms with van der Waals surface area (Å²) < 4.78 is 2.18. The van der Waals surface area contributed by atoms with E-state index in [-0.39, 0.29) is 18.3 Å². The van der Waals surface area contributed by atoms with Crippen LogP contribution in [-0.4, -0.2) is 35.0 Å². The van der Waals surface area contributed by atoms with Gasteiger partial charge in [0.05, 0.1) is 5.56 Å². The molecule has 5 heteroatoms. The molecule has 0 aromatic carbocycles. The van der Waals surface area contributed by atoms with Crippen molar-refractivity contribution < 1.29 is 4.79 Å². The minimum absolute atomic E-state index is 0. The van der Waals surface area contributed by atoms with Crippen LogP contribution >= 0.6 is 12.4 Å². The number of halogens is 1. The lowest BCUT2D eigenvalue weighted by molar-refractivity contribution is 0.0787. The van der Waals surface area contributed by atoms with Crippen LogP contribution in [-0.2, 0) is 6.54 Å². The second kappa shape index (κ2) is 6.44. The fraction of sp³-hybridized carbons (Fsp3) is 0.643. The van der Waals surface area contributed by atoms with Crippen LogP contribution in [0.5, 0.6) is 0 Å². The maximum atomic E-state index is 12.5. The summed E-state index contributed by atoms with van der Waals surface area (Å²) >= 11 is 0. The highest BCUT2D eigenvalue weighted by Gasteiger charge is 2.27. The SMILES string of the molecule is CCn1c(C)cc(C(=O)N2CCC(CN)C2)c1C.Cl. The van der Waals surface area contributed by atoms with Gasteiger partial charge in [0.15, 0.2) is 0 Å². The molecule has 1 aliphatic heterocycles. The summed E-state index contributed by atoms with van der Waals surface area (Å²) in [6.45, 7) is 9.44. The molecule has 2 rings (SSSR count). The number of rotatable bonds is 3. The van der Waals surface area contributed by atoms with Crippen molar-refractivity contribution in [2.24, 2.45) is 11.7 Å². The second-order valence-electron chi connectivity index (χ2n) is 5.17. The van der Waals surface area contributed by atoms with E-state index in [1.165, 1.54) is 0 Å². The molecule has 0 bridgehead atoms. The number of carbonyl (C=O) groups is 1. The topological polar surface area (TPSA) is 51.3 Å². The highest BCUT2D eigenvalue weighted by atomic mass is 35.5. The maximum absolute atomic E-state index is 12.5. The third kappa shape index (κ3) is 2.95. The van der Waals surface area contributed by atoms with Crippen LogP contribution in [0.15, 0.2) is 6.07 Å². The van der Waals surface area contributed by atoms with Crippen molar-refractivity contribution in [3.8, 4) is 0 Å². The summed E-state index contributed by atoms with van der Waals surface area (Å²) in [5.41, 5.74) is 8.77. The van der Waals surface area contributed by atoms with Gasteiger partial charge in [0.25, 0.3) is 5.91 Å². The first-order valence-electron chi connectivity index (χ1n) is 6.74. The Kier molecular flexibility index (Phi) is 5.44. The van der Waals surface area contributed by atoms with Crippen molar-refractivity contribution in [2.45, 2.75) is 33.7 Å². The first kappa shape index (κ1) is 16.1. The van der Waals surface area contributed by atoms with Gasteiger partial charge in [0, 0.05) is 31.0 Å². The normalized spacial score (nSPS) is 18.5. The van der Waals surface area contributed by atoms with Crippen LogP contribution in [0, 0.1) is 19.8 Å². The van der Waals surface area contributed by atoms with Crippen molar-refractivity contribution >= 4 is 18.3 Å². The van der Waals surface area contributed by atoms with Gasteiger partial charge in [-0.1, -0.05) is 0 Å². The summed E-state index contributed by atoms with van der Waals surface area (Å²) in [4.78, 5) is 14.4. The van der Waals surface area contributed by atoms with Gasteiger partial charge in [-0.15, -0.1) is 12.4 Å². The average Bonchev–Trinajstić information content (AvgIpc) is 2.93. The first-order chi connectivity index (χ1) is 8.58. The summed E-state index contributed by atoms with van der Waals surface area (Å²) in [6.07, 6.45) is 1.04. The van der Waals surface area contributed by atoms with Gasteiger partial charge in [-0.25, -0.2) is 0 Å². The van der Waals surface area contributed by atoms with E-state index in [0.717, 1.165) is 43.0 Å². The highest BCUT2D eigenvalue weighted by molar-refractivity contribution is 5.95. The number of aryl methyl sites for hydroxylation is 1. The van der Waals surface area contributed by atoms with E-state index in [9.17, 15) is 4.79 Å². The number of hydrogen-bond acceptors (Lipinski definition) is 2. The molecule has 1 aromatic rings. The lowest BCUT2D eigenvalue weighted by Crippen LogP contribution is -2.30. The Morgan fingerprint density at radius 3 is 2.63 bits per heavy atom. The number of amides is 1. The molecule has 1 aliphatic rings. The molecule has 0 spiro atoms. The Bertz CT molecular complexity index is 456. The van der Waals surface area contributed by atoms with E-state index in [1.807, 2.05) is 17.9 Å². The minimum atomic E-state index is 0. The lowest BCUT2D eigenvalue weighted by atomic mass is 10.1. The lowest BCUT2D eigenvalue weighted by Gasteiger charge is -2.16.